The van der Waals surface area contributed by atoms with E-state index in [-0.39, 0.29) is 29.2 Å². The van der Waals surface area contributed by atoms with Gasteiger partial charge in [0.2, 0.25) is 11.8 Å². The van der Waals surface area contributed by atoms with Gasteiger partial charge in [-0.15, -0.1) is 0 Å². The minimum Gasteiger partial charge on any atom is -0.351 e. The molecular weight excluding hydrogens is 357 g/mol. The van der Waals surface area contributed by atoms with Crippen molar-refractivity contribution in [2.45, 2.75) is 64.0 Å². The van der Waals surface area contributed by atoms with Crippen LogP contribution in [0.1, 0.15) is 64.0 Å². The van der Waals surface area contributed by atoms with Crippen molar-refractivity contribution in [2.24, 2.45) is 5.92 Å². The van der Waals surface area contributed by atoms with Gasteiger partial charge >= 0.3 is 0 Å². The van der Waals surface area contributed by atoms with Crippen molar-refractivity contribution in [1.29, 1.82) is 0 Å². The van der Waals surface area contributed by atoms with E-state index in [0.29, 0.717) is 12.5 Å². The van der Waals surface area contributed by atoms with Crippen molar-refractivity contribution in [3.8, 4) is 0 Å². The molecule has 1 heterocycles. The van der Waals surface area contributed by atoms with Crippen molar-refractivity contribution in [3.05, 3.63) is 35.6 Å². The van der Waals surface area contributed by atoms with Crippen LogP contribution in [0.4, 0.5) is 4.39 Å². The molecule has 154 valence electrons. The lowest BCUT2D eigenvalue weighted by molar-refractivity contribution is -0.125. The highest BCUT2D eigenvalue weighted by Crippen LogP contribution is 2.35. The molecule has 0 aromatic heterocycles. The second-order valence-corrected chi connectivity index (χ2v) is 8.66. The van der Waals surface area contributed by atoms with Crippen molar-refractivity contribution < 1.29 is 14.0 Å². The molecule has 2 aliphatic rings. The van der Waals surface area contributed by atoms with Gasteiger partial charge in [-0.05, 0) is 56.2 Å². The molecule has 1 aliphatic carbocycles. The fourth-order valence-electron chi connectivity index (χ4n) is 4.61. The van der Waals surface area contributed by atoms with Gasteiger partial charge in [0.1, 0.15) is 5.82 Å². The molecule has 2 fully saturated rings. The first-order valence-electron chi connectivity index (χ1n) is 10.4. The third-order valence-electron chi connectivity index (χ3n) is 6.22. The molecule has 1 aromatic rings. The van der Waals surface area contributed by atoms with E-state index < -0.39 is 0 Å². The van der Waals surface area contributed by atoms with Crippen LogP contribution in [0.2, 0.25) is 0 Å². The summed E-state index contributed by atoms with van der Waals surface area (Å²) in [6.45, 7) is 5.55. The normalized spacial score (nSPS) is 21.2. The van der Waals surface area contributed by atoms with E-state index in [4.69, 9.17) is 0 Å². The standard InChI is InChI=1S/C22H32FN3O2/c1-16(27)25-22(2)11-13-26(14-12-22)15-20(28)24-21(17-5-3-4-6-17)18-7-9-19(23)10-8-18/h7-10,17,21H,3-6,11-15H2,1-2H3,(H,24,28)(H,25,27). The Hall–Kier alpha value is -1.95. The average Bonchev–Trinajstić information content (AvgIpc) is 3.16. The number of likely N-dealkylation sites (tertiary alicyclic amines) is 1. The number of carbonyl (C=O) groups is 2. The van der Waals surface area contributed by atoms with Crippen molar-refractivity contribution >= 4 is 11.8 Å². The van der Waals surface area contributed by atoms with Gasteiger partial charge in [-0.1, -0.05) is 25.0 Å². The maximum absolute atomic E-state index is 13.3. The van der Waals surface area contributed by atoms with Gasteiger partial charge in [-0.3, -0.25) is 14.5 Å². The first-order chi connectivity index (χ1) is 13.3. The van der Waals surface area contributed by atoms with Gasteiger partial charge < -0.3 is 10.6 Å². The topological polar surface area (TPSA) is 61.4 Å². The summed E-state index contributed by atoms with van der Waals surface area (Å²) >= 11 is 0. The molecule has 2 N–H and O–H groups in total. The summed E-state index contributed by atoms with van der Waals surface area (Å²) in [6, 6.07) is 6.47. The maximum atomic E-state index is 13.3. The Morgan fingerprint density at radius 2 is 1.79 bits per heavy atom. The lowest BCUT2D eigenvalue weighted by Gasteiger charge is -2.39. The number of hydrogen-bond donors (Lipinski definition) is 2. The number of amides is 2. The van der Waals surface area contributed by atoms with Crippen LogP contribution in [0.15, 0.2) is 24.3 Å². The third kappa shape index (κ3) is 5.53. The quantitative estimate of drug-likeness (QED) is 0.786. The molecule has 6 heteroatoms. The maximum Gasteiger partial charge on any atom is 0.234 e. The number of nitrogens with one attached hydrogen (secondary N) is 2. The van der Waals surface area contributed by atoms with Crippen LogP contribution >= 0.6 is 0 Å². The molecule has 2 amide bonds. The van der Waals surface area contributed by atoms with Crippen LogP contribution in [0, 0.1) is 11.7 Å². The predicted octanol–water partition coefficient (Wildman–Crippen LogP) is 3.16. The molecule has 1 atom stereocenters. The van der Waals surface area contributed by atoms with Crippen LogP contribution in [-0.4, -0.2) is 41.9 Å². The minimum absolute atomic E-state index is 0.00704. The Bertz CT molecular complexity index is 678. The summed E-state index contributed by atoms with van der Waals surface area (Å²) < 4.78 is 13.3. The molecule has 1 saturated heterocycles. The lowest BCUT2D eigenvalue weighted by Crippen LogP contribution is -2.54. The van der Waals surface area contributed by atoms with Crippen LogP contribution in [0.5, 0.6) is 0 Å². The van der Waals surface area contributed by atoms with Crippen LogP contribution in [0.3, 0.4) is 0 Å². The molecule has 0 bridgehead atoms. The van der Waals surface area contributed by atoms with E-state index in [1.165, 1.54) is 25.0 Å². The molecule has 1 aliphatic heterocycles. The number of benzene rings is 1. The van der Waals surface area contributed by atoms with Gasteiger partial charge in [-0.25, -0.2) is 4.39 Å². The van der Waals surface area contributed by atoms with Gasteiger partial charge in [0.05, 0.1) is 12.6 Å². The fraction of sp³-hybridized carbons (Fsp3) is 0.636. The van der Waals surface area contributed by atoms with Gasteiger partial charge in [0.25, 0.3) is 0 Å². The van der Waals surface area contributed by atoms with E-state index in [2.05, 4.69) is 22.5 Å². The SMILES string of the molecule is CC(=O)NC1(C)CCN(CC(=O)NC(c2ccc(F)cc2)C2CCCC2)CC1. The highest BCUT2D eigenvalue weighted by Gasteiger charge is 2.32. The smallest absolute Gasteiger partial charge is 0.234 e. The summed E-state index contributed by atoms with van der Waals surface area (Å²) in [5.41, 5.74) is 0.804. The summed E-state index contributed by atoms with van der Waals surface area (Å²) in [4.78, 5) is 26.3. The Morgan fingerprint density at radius 1 is 1.18 bits per heavy atom. The first kappa shape index (κ1) is 20.8. The van der Waals surface area contributed by atoms with Crippen molar-refractivity contribution in [1.82, 2.24) is 15.5 Å². The second kappa shape index (κ2) is 9.03. The number of piperidine rings is 1. The van der Waals surface area contributed by atoms with Crippen molar-refractivity contribution in [2.75, 3.05) is 19.6 Å². The number of carbonyl (C=O) groups excluding carboxylic acids is 2. The minimum atomic E-state index is -0.254. The summed E-state index contributed by atoms with van der Waals surface area (Å²) in [6.07, 6.45) is 6.24. The molecule has 1 unspecified atom stereocenters. The fourth-order valence-corrected chi connectivity index (χ4v) is 4.61. The highest BCUT2D eigenvalue weighted by atomic mass is 19.1. The molecule has 0 spiro atoms. The Labute approximate surface area is 167 Å². The van der Waals surface area contributed by atoms with E-state index >= 15 is 0 Å². The summed E-state index contributed by atoms with van der Waals surface area (Å²) in [5, 5.41) is 6.25. The van der Waals surface area contributed by atoms with Crippen LogP contribution in [0.25, 0.3) is 0 Å². The Morgan fingerprint density at radius 3 is 2.36 bits per heavy atom. The largest absolute Gasteiger partial charge is 0.351 e. The molecule has 5 nitrogen and oxygen atoms in total. The zero-order chi connectivity index (χ0) is 20.1. The average molecular weight is 390 g/mol. The molecule has 1 saturated carbocycles. The summed E-state index contributed by atoms with van der Waals surface area (Å²) in [5.74, 6) is 0.173. The van der Waals surface area contributed by atoms with Gasteiger partial charge in [-0.2, -0.15) is 0 Å². The van der Waals surface area contributed by atoms with Crippen LogP contribution < -0.4 is 10.6 Å². The van der Waals surface area contributed by atoms with Gasteiger partial charge in [0, 0.05) is 25.6 Å². The molecule has 3 rings (SSSR count). The number of nitrogens with zero attached hydrogens (tertiary/aromatic N) is 1. The Kier molecular flexibility index (Phi) is 6.70. The van der Waals surface area contributed by atoms with E-state index in [1.54, 1.807) is 19.1 Å². The van der Waals surface area contributed by atoms with E-state index in [9.17, 15) is 14.0 Å². The Balaban J connectivity index is 1.57. The third-order valence-corrected chi connectivity index (χ3v) is 6.22. The van der Waals surface area contributed by atoms with E-state index in [0.717, 1.165) is 44.3 Å². The molecule has 28 heavy (non-hydrogen) atoms. The highest BCUT2D eigenvalue weighted by molar-refractivity contribution is 5.78. The first-order valence-corrected chi connectivity index (χ1v) is 10.4. The number of hydrogen-bond acceptors (Lipinski definition) is 3. The van der Waals surface area contributed by atoms with Gasteiger partial charge in [0.15, 0.2) is 0 Å². The second-order valence-electron chi connectivity index (χ2n) is 8.66. The molecule has 1 aromatic carbocycles. The summed E-state index contributed by atoms with van der Waals surface area (Å²) in [7, 11) is 0. The number of halogens is 1. The van der Waals surface area contributed by atoms with E-state index in [1.807, 2.05) is 0 Å². The van der Waals surface area contributed by atoms with Crippen LogP contribution in [-0.2, 0) is 9.59 Å². The molecular formula is C22H32FN3O2. The monoisotopic (exact) mass is 389 g/mol. The lowest BCUT2D eigenvalue weighted by atomic mass is 9.89. The number of rotatable bonds is 6. The molecule has 0 radical (unpaired) electrons. The predicted molar refractivity (Wildman–Crippen MR) is 107 cm³/mol. The zero-order valence-corrected chi connectivity index (χ0v) is 17.0. The zero-order valence-electron chi connectivity index (χ0n) is 17.0. The van der Waals surface area contributed by atoms with Crippen molar-refractivity contribution in [3.63, 3.8) is 0 Å².